The Kier molecular flexibility index (Phi) is 6.86. The van der Waals surface area contributed by atoms with Gasteiger partial charge in [-0.1, -0.05) is 19.0 Å². The van der Waals surface area contributed by atoms with Gasteiger partial charge < -0.3 is 14.9 Å². The minimum atomic E-state index is -0.977. The molecule has 7 heteroatoms. The van der Waals surface area contributed by atoms with Crippen LogP contribution in [0.25, 0.3) is 0 Å². The number of amides is 1. The van der Waals surface area contributed by atoms with Gasteiger partial charge in [0, 0.05) is 6.42 Å². The van der Waals surface area contributed by atoms with Crippen LogP contribution in [0.5, 0.6) is 0 Å². The lowest BCUT2D eigenvalue weighted by Gasteiger charge is -2.08. The van der Waals surface area contributed by atoms with E-state index in [1.165, 1.54) is 0 Å². The lowest BCUT2D eigenvalue weighted by atomic mass is 10.1. The lowest BCUT2D eigenvalue weighted by molar-refractivity contribution is -0.129. The molecule has 19 heavy (non-hydrogen) atoms. The monoisotopic (exact) mass is 287 g/mol. The molecular formula is C12H21N3O3S. The molecule has 2 N–H and O–H groups in total. The number of hydrogen-bond donors (Lipinski definition) is 2. The summed E-state index contributed by atoms with van der Waals surface area (Å²) in [6.45, 7) is 4.30. The van der Waals surface area contributed by atoms with Crippen molar-refractivity contribution in [3.63, 3.8) is 0 Å². The maximum atomic E-state index is 11.6. The van der Waals surface area contributed by atoms with Gasteiger partial charge in [-0.3, -0.25) is 4.79 Å². The van der Waals surface area contributed by atoms with Crippen molar-refractivity contribution in [3.05, 3.63) is 11.7 Å². The van der Waals surface area contributed by atoms with E-state index in [-0.39, 0.29) is 6.54 Å². The number of thioether (sulfide) groups is 1. The average molecular weight is 287 g/mol. The van der Waals surface area contributed by atoms with Crippen molar-refractivity contribution < 1.29 is 14.4 Å². The van der Waals surface area contributed by atoms with Crippen LogP contribution < -0.4 is 5.32 Å². The smallest absolute Gasteiger partial charge is 0.249 e. The first-order valence-electron chi connectivity index (χ1n) is 6.29. The Morgan fingerprint density at radius 3 is 2.89 bits per heavy atom. The highest BCUT2D eigenvalue weighted by Gasteiger charge is 2.15. The van der Waals surface area contributed by atoms with Crippen LogP contribution in [0, 0.1) is 5.92 Å². The largest absolute Gasteiger partial charge is 0.383 e. The summed E-state index contributed by atoms with van der Waals surface area (Å²) >= 11 is 1.59. The van der Waals surface area contributed by atoms with Crippen LogP contribution in [-0.2, 0) is 17.8 Å². The fourth-order valence-corrected chi connectivity index (χ4v) is 1.90. The van der Waals surface area contributed by atoms with Crippen LogP contribution in [0.3, 0.4) is 0 Å². The quantitative estimate of drug-likeness (QED) is 0.741. The van der Waals surface area contributed by atoms with Gasteiger partial charge in [0.1, 0.15) is 6.10 Å². The molecule has 0 spiro atoms. The van der Waals surface area contributed by atoms with E-state index in [4.69, 9.17) is 4.52 Å². The van der Waals surface area contributed by atoms with Gasteiger partial charge in [-0.15, -0.1) is 0 Å². The maximum Gasteiger partial charge on any atom is 0.249 e. The molecule has 108 valence electrons. The first-order valence-corrected chi connectivity index (χ1v) is 7.68. The maximum absolute atomic E-state index is 11.6. The molecule has 0 saturated heterocycles. The normalized spacial score (nSPS) is 12.7. The van der Waals surface area contributed by atoms with Crippen molar-refractivity contribution in [2.45, 2.75) is 39.3 Å². The average Bonchev–Trinajstić information content (AvgIpc) is 2.79. The molecule has 0 aliphatic carbocycles. The number of carbonyl (C=O) groups excluding carboxylic acids is 1. The van der Waals surface area contributed by atoms with E-state index in [0.29, 0.717) is 24.1 Å². The number of rotatable bonds is 8. The summed E-state index contributed by atoms with van der Waals surface area (Å²) in [6, 6.07) is 0. The molecule has 1 atom stereocenters. The van der Waals surface area contributed by atoms with Gasteiger partial charge in [-0.25, -0.2) is 0 Å². The Morgan fingerprint density at radius 1 is 1.53 bits per heavy atom. The predicted molar refractivity (Wildman–Crippen MR) is 73.7 cm³/mol. The summed E-state index contributed by atoms with van der Waals surface area (Å²) in [5.41, 5.74) is 0. The predicted octanol–water partition coefficient (Wildman–Crippen LogP) is 0.998. The van der Waals surface area contributed by atoms with Crippen molar-refractivity contribution in [3.8, 4) is 0 Å². The van der Waals surface area contributed by atoms with Crippen molar-refractivity contribution in [1.82, 2.24) is 15.5 Å². The second-order valence-corrected chi connectivity index (χ2v) is 5.70. The van der Waals surface area contributed by atoms with Crippen LogP contribution in [0.4, 0.5) is 0 Å². The van der Waals surface area contributed by atoms with E-state index in [2.05, 4.69) is 29.3 Å². The second-order valence-electron chi connectivity index (χ2n) is 4.72. The van der Waals surface area contributed by atoms with Crippen LogP contribution in [0.15, 0.2) is 4.52 Å². The Labute approximate surface area is 117 Å². The Bertz CT molecular complexity index is 395. The Morgan fingerprint density at radius 2 is 2.26 bits per heavy atom. The van der Waals surface area contributed by atoms with E-state index in [0.717, 1.165) is 12.2 Å². The molecule has 1 aromatic heterocycles. The molecule has 0 bridgehead atoms. The number of nitrogens with zero attached hydrogens (tertiary/aromatic N) is 2. The molecule has 1 heterocycles. The van der Waals surface area contributed by atoms with Crippen molar-refractivity contribution >= 4 is 17.7 Å². The number of nitrogens with one attached hydrogen (secondary N) is 1. The number of aliphatic hydroxyl groups is 1. The highest BCUT2D eigenvalue weighted by Crippen LogP contribution is 2.05. The third-order valence-corrected chi connectivity index (χ3v) is 3.06. The van der Waals surface area contributed by atoms with Crippen LogP contribution in [-0.4, -0.2) is 39.3 Å². The van der Waals surface area contributed by atoms with Gasteiger partial charge in [-0.2, -0.15) is 16.7 Å². The number of aliphatic hydroxyl groups excluding tert-OH is 1. The highest BCUT2D eigenvalue weighted by atomic mass is 32.2. The van der Waals surface area contributed by atoms with E-state index in [1.807, 2.05) is 6.26 Å². The second kappa shape index (κ2) is 8.16. The molecule has 0 aromatic carbocycles. The molecule has 0 radical (unpaired) electrons. The molecule has 1 rings (SSSR count). The van der Waals surface area contributed by atoms with E-state index >= 15 is 0 Å². The number of hydrogen-bond acceptors (Lipinski definition) is 6. The van der Waals surface area contributed by atoms with Gasteiger partial charge in [0.25, 0.3) is 0 Å². The lowest BCUT2D eigenvalue weighted by Crippen LogP contribution is -2.34. The molecule has 6 nitrogen and oxygen atoms in total. The highest BCUT2D eigenvalue weighted by molar-refractivity contribution is 7.98. The molecule has 0 aliphatic rings. The van der Waals surface area contributed by atoms with E-state index in [9.17, 15) is 9.90 Å². The summed E-state index contributed by atoms with van der Waals surface area (Å²) < 4.78 is 5.05. The number of carbonyl (C=O) groups is 1. The van der Waals surface area contributed by atoms with Gasteiger partial charge in [-0.05, 0) is 24.3 Å². The van der Waals surface area contributed by atoms with Gasteiger partial charge in [0.15, 0.2) is 5.82 Å². The summed E-state index contributed by atoms with van der Waals surface area (Å²) in [4.78, 5) is 15.7. The van der Waals surface area contributed by atoms with Crippen LogP contribution in [0.2, 0.25) is 0 Å². The molecule has 1 unspecified atom stereocenters. The van der Waals surface area contributed by atoms with Gasteiger partial charge >= 0.3 is 0 Å². The fraction of sp³-hybridized carbons (Fsp3) is 0.750. The minimum absolute atomic E-state index is 0.177. The molecular weight excluding hydrogens is 266 g/mol. The van der Waals surface area contributed by atoms with Crippen molar-refractivity contribution in [2.75, 3.05) is 12.0 Å². The summed E-state index contributed by atoms with van der Waals surface area (Å²) in [6.07, 6.45) is 2.12. The third-order valence-electron chi connectivity index (χ3n) is 2.41. The zero-order valence-corrected chi connectivity index (χ0v) is 12.4. The first kappa shape index (κ1) is 16.0. The Balaban J connectivity index is 2.35. The standard InChI is InChI=1S/C12H21N3O3S/c1-8(2)6-11-14-10(15-18-11)7-13-12(17)9(16)4-5-19-3/h8-9,16H,4-7H2,1-3H3,(H,13,17). The zero-order valence-electron chi connectivity index (χ0n) is 11.5. The fourth-order valence-electron chi connectivity index (χ4n) is 1.44. The number of aromatic nitrogens is 2. The molecule has 1 amide bonds. The Hall–Kier alpha value is -1.08. The zero-order chi connectivity index (χ0) is 14.3. The van der Waals surface area contributed by atoms with E-state index in [1.54, 1.807) is 11.8 Å². The summed E-state index contributed by atoms with van der Waals surface area (Å²) in [5.74, 6) is 1.79. The first-order chi connectivity index (χ1) is 9.02. The van der Waals surface area contributed by atoms with Crippen LogP contribution in [0.1, 0.15) is 32.0 Å². The van der Waals surface area contributed by atoms with Crippen LogP contribution >= 0.6 is 11.8 Å². The van der Waals surface area contributed by atoms with Crippen molar-refractivity contribution in [1.29, 1.82) is 0 Å². The van der Waals surface area contributed by atoms with E-state index < -0.39 is 12.0 Å². The third kappa shape index (κ3) is 6.07. The topological polar surface area (TPSA) is 88.2 Å². The summed E-state index contributed by atoms with van der Waals surface area (Å²) in [5, 5.41) is 15.9. The summed E-state index contributed by atoms with van der Waals surface area (Å²) in [7, 11) is 0. The molecule has 0 aliphatic heterocycles. The minimum Gasteiger partial charge on any atom is -0.383 e. The molecule has 0 saturated carbocycles. The SMILES string of the molecule is CSCCC(O)C(=O)NCc1noc(CC(C)C)n1. The molecule has 0 fully saturated rings. The van der Waals surface area contributed by atoms with Gasteiger partial charge in [0.2, 0.25) is 11.8 Å². The van der Waals surface area contributed by atoms with Gasteiger partial charge in [0.05, 0.1) is 6.54 Å². The molecule has 1 aromatic rings. The van der Waals surface area contributed by atoms with Crippen molar-refractivity contribution in [2.24, 2.45) is 5.92 Å².